The first kappa shape index (κ1) is 33.8. The fraction of sp³-hybridized carbons (Fsp3) is 0.324. The van der Waals surface area contributed by atoms with Crippen molar-refractivity contribution in [2.75, 3.05) is 13.1 Å². The molecular formula is C34H46N4O2. The van der Waals surface area contributed by atoms with Gasteiger partial charge in [0, 0.05) is 25.1 Å². The number of amidine groups is 1. The fourth-order valence-electron chi connectivity index (χ4n) is 3.51. The molecule has 2 amide bonds. The molecule has 0 unspecified atom stereocenters. The maximum Gasteiger partial charge on any atom is 0.269 e. The summed E-state index contributed by atoms with van der Waals surface area (Å²) in [6.07, 6.45) is 13.9. The molecule has 0 fully saturated rings. The van der Waals surface area contributed by atoms with Gasteiger partial charge < -0.3 is 5.32 Å². The molecule has 0 bridgehead atoms. The van der Waals surface area contributed by atoms with Gasteiger partial charge >= 0.3 is 0 Å². The summed E-state index contributed by atoms with van der Waals surface area (Å²) in [6, 6.07) is 13.7. The minimum Gasteiger partial charge on any atom is -0.356 e. The summed E-state index contributed by atoms with van der Waals surface area (Å²) < 4.78 is 0. The van der Waals surface area contributed by atoms with Gasteiger partial charge in [0.1, 0.15) is 5.84 Å². The average molecular weight is 543 g/mol. The van der Waals surface area contributed by atoms with Crippen molar-refractivity contribution in [2.45, 2.75) is 60.8 Å². The standard InChI is InChI=1S/C30H38N4O2.C4H8/c1-6-26-17-16-25(21-27(26)7-2)15-13-22(3)14-18-29(35)32-20-10-19-31-24(5)33-34-30(36)28-12-9-8-11-23(28)4;1-3-4-2/h6-9,11-13,15-17,21H,3,10,14,18-20H2,1-2,4-5H3,(H,31,33)(H,32,35)(H,34,36);3-4H,1-2H3/b15-13+,26-6-,27-7-;4-3-. The SMILES string of the molecule is C/C=C\C.C=C(/C=C/c1ccc(=C/C)/c(=C\C)c1)CCC(=O)NCCCN=C(C)NNC(=O)c1ccccc1C. The second-order valence-electron chi connectivity index (χ2n) is 9.19. The molecule has 0 aliphatic carbocycles. The van der Waals surface area contributed by atoms with E-state index >= 15 is 0 Å². The number of amides is 2. The summed E-state index contributed by atoms with van der Waals surface area (Å²) in [5, 5.41) is 5.34. The highest BCUT2D eigenvalue weighted by atomic mass is 16.2. The summed E-state index contributed by atoms with van der Waals surface area (Å²) >= 11 is 0. The number of allylic oxidation sites excluding steroid dienone is 4. The van der Waals surface area contributed by atoms with E-state index in [0.717, 1.165) is 16.7 Å². The molecule has 0 aliphatic heterocycles. The zero-order valence-corrected chi connectivity index (χ0v) is 25.0. The minimum absolute atomic E-state index is 0.000393. The first-order valence-corrected chi connectivity index (χ1v) is 13.8. The number of rotatable bonds is 10. The molecule has 2 aromatic rings. The van der Waals surface area contributed by atoms with Gasteiger partial charge in [-0.25, -0.2) is 0 Å². The van der Waals surface area contributed by atoms with Gasteiger partial charge in [0.15, 0.2) is 0 Å². The van der Waals surface area contributed by atoms with E-state index < -0.39 is 0 Å². The summed E-state index contributed by atoms with van der Waals surface area (Å²) in [5.41, 5.74) is 9.02. The van der Waals surface area contributed by atoms with Crippen LogP contribution >= 0.6 is 0 Å². The van der Waals surface area contributed by atoms with E-state index in [9.17, 15) is 9.59 Å². The molecule has 0 heterocycles. The van der Waals surface area contributed by atoms with Crippen LogP contribution in [0.4, 0.5) is 0 Å². The van der Waals surface area contributed by atoms with E-state index in [4.69, 9.17) is 0 Å². The molecule has 214 valence electrons. The normalized spacial score (nSPS) is 12.3. The Morgan fingerprint density at radius 1 is 0.925 bits per heavy atom. The number of benzene rings is 2. The molecule has 40 heavy (non-hydrogen) atoms. The van der Waals surface area contributed by atoms with Crippen molar-refractivity contribution in [3.05, 3.63) is 100.0 Å². The Morgan fingerprint density at radius 3 is 2.27 bits per heavy atom. The van der Waals surface area contributed by atoms with E-state index in [1.807, 2.05) is 77.1 Å². The number of hydrogen-bond donors (Lipinski definition) is 3. The lowest BCUT2D eigenvalue weighted by Gasteiger charge is -2.10. The van der Waals surface area contributed by atoms with Crippen molar-refractivity contribution in [3.8, 4) is 0 Å². The maximum atomic E-state index is 12.2. The van der Waals surface area contributed by atoms with Crippen molar-refractivity contribution in [1.29, 1.82) is 0 Å². The molecule has 0 saturated heterocycles. The third kappa shape index (κ3) is 13.6. The largest absolute Gasteiger partial charge is 0.356 e. The molecule has 0 aliphatic rings. The monoisotopic (exact) mass is 542 g/mol. The predicted octanol–water partition coefficient (Wildman–Crippen LogP) is 5.39. The second-order valence-corrected chi connectivity index (χ2v) is 9.19. The molecule has 0 atom stereocenters. The molecular weight excluding hydrogens is 496 g/mol. The van der Waals surface area contributed by atoms with Crippen LogP contribution in [0.15, 0.2) is 77.8 Å². The fourth-order valence-corrected chi connectivity index (χ4v) is 3.51. The van der Waals surface area contributed by atoms with E-state index in [1.165, 1.54) is 10.4 Å². The number of aliphatic imine (C=N–C) groups is 1. The van der Waals surface area contributed by atoms with Gasteiger partial charge in [-0.1, -0.05) is 78.9 Å². The number of hydrazine groups is 1. The number of carbonyl (C=O) groups excluding carboxylic acids is 2. The molecule has 0 saturated carbocycles. The Hall–Kier alpha value is -4.19. The van der Waals surface area contributed by atoms with Crippen LogP contribution in [0.1, 0.15) is 75.4 Å². The van der Waals surface area contributed by atoms with E-state index in [1.54, 1.807) is 13.0 Å². The van der Waals surface area contributed by atoms with Crippen molar-refractivity contribution in [3.63, 3.8) is 0 Å². The maximum absolute atomic E-state index is 12.2. The van der Waals surface area contributed by atoms with Crippen LogP contribution in [0.2, 0.25) is 0 Å². The molecule has 3 N–H and O–H groups in total. The third-order valence-corrected chi connectivity index (χ3v) is 6.00. The second kappa shape index (κ2) is 19.8. The van der Waals surface area contributed by atoms with E-state index in [2.05, 4.69) is 58.1 Å². The number of nitrogens with one attached hydrogen (secondary N) is 3. The Labute approximate surface area is 240 Å². The van der Waals surface area contributed by atoms with Gasteiger partial charge in [-0.15, -0.1) is 0 Å². The Kier molecular flexibility index (Phi) is 16.8. The average Bonchev–Trinajstić information content (AvgIpc) is 2.97. The number of hydrogen-bond acceptors (Lipinski definition) is 3. The lowest BCUT2D eigenvalue weighted by Crippen LogP contribution is -2.40. The van der Waals surface area contributed by atoms with Crippen LogP contribution in [-0.2, 0) is 4.79 Å². The predicted molar refractivity (Wildman–Crippen MR) is 171 cm³/mol. The first-order valence-electron chi connectivity index (χ1n) is 13.8. The summed E-state index contributed by atoms with van der Waals surface area (Å²) in [6.45, 7) is 16.9. The van der Waals surface area contributed by atoms with Crippen molar-refractivity contribution >= 4 is 35.9 Å². The zero-order valence-electron chi connectivity index (χ0n) is 25.0. The topological polar surface area (TPSA) is 82.6 Å². The van der Waals surface area contributed by atoms with Crippen LogP contribution in [0.5, 0.6) is 0 Å². The summed E-state index contributed by atoms with van der Waals surface area (Å²) in [4.78, 5) is 28.7. The molecule has 0 aromatic heterocycles. The van der Waals surface area contributed by atoms with Gasteiger partial charge in [-0.3, -0.25) is 25.4 Å². The van der Waals surface area contributed by atoms with Crippen LogP contribution in [-0.4, -0.2) is 30.7 Å². The zero-order chi connectivity index (χ0) is 29.8. The Morgan fingerprint density at radius 2 is 1.62 bits per heavy atom. The quantitative estimate of drug-likeness (QED) is 0.0941. The number of nitrogens with zero attached hydrogens (tertiary/aromatic N) is 1. The first-order chi connectivity index (χ1) is 19.2. The molecule has 2 rings (SSSR count). The molecule has 0 radical (unpaired) electrons. The molecule has 2 aromatic carbocycles. The highest BCUT2D eigenvalue weighted by molar-refractivity contribution is 5.96. The highest BCUT2D eigenvalue weighted by Crippen LogP contribution is 2.08. The Bertz CT molecular complexity index is 1320. The van der Waals surface area contributed by atoms with Gasteiger partial charge in [-0.05, 0) is 88.1 Å². The van der Waals surface area contributed by atoms with Crippen molar-refractivity contribution in [1.82, 2.24) is 16.2 Å². The third-order valence-electron chi connectivity index (χ3n) is 6.00. The molecule has 0 spiro atoms. The van der Waals surface area contributed by atoms with E-state index in [0.29, 0.717) is 43.8 Å². The van der Waals surface area contributed by atoms with E-state index in [-0.39, 0.29) is 11.8 Å². The van der Waals surface area contributed by atoms with Crippen LogP contribution in [0.3, 0.4) is 0 Å². The van der Waals surface area contributed by atoms with Crippen molar-refractivity contribution in [2.24, 2.45) is 4.99 Å². The van der Waals surface area contributed by atoms with Gasteiger partial charge in [-0.2, -0.15) is 0 Å². The number of aryl methyl sites for hydroxylation is 1. The molecule has 6 heteroatoms. The van der Waals surface area contributed by atoms with Crippen molar-refractivity contribution < 1.29 is 9.59 Å². The minimum atomic E-state index is -0.205. The smallest absolute Gasteiger partial charge is 0.269 e. The van der Waals surface area contributed by atoms with Gasteiger partial charge in [0.2, 0.25) is 5.91 Å². The van der Waals surface area contributed by atoms with Crippen LogP contribution in [0, 0.1) is 6.92 Å². The highest BCUT2D eigenvalue weighted by Gasteiger charge is 2.07. The van der Waals surface area contributed by atoms with Crippen LogP contribution < -0.4 is 26.6 Å². The Balaban J connectivity index is 0.00000187. The van der Waals surface area contributed by atoms with Gasteiger partial charge in [0.25, 0.3) is 5.91 Å². The summed E-state index contributed by atoms with van der Waals surface area (Å²) in [5.74, 6) is 0.404. The lowest BCUT2D eigenvalue weighted by molar-refractivity contribution is -0.121. The summed E-state index contributed by atoms with van der Waals surface area (Å²) in [7, 11) is 0. The molecule has 6 nitrogen and oxygen atoms in total. The van der Waals surface area contributed by atoms with Crippen LogP contribution in [0.25, 0.3) is 18.2 Å². The lowest BCUT2D eigenvalue weighted by atomic mass is 10.1. The van der Waals surface area contributed by atoms with Gasteiger partial charge in [0.05, 0.1) is 0 Å². The number of carbonyl (C=O) groups is 2.